The van der Waals surface area contributed by atoms with Gasteiger partial charge in [0.2, 0.25) is 0 Å². The van der Waals surface area contributed by atoms with Crippen molar-refractivity contribution in [2.45, 2.75) is 0 Å². The van der Waals surface area contributed by atoms with E-state index in [1.165, 1.54) is 74.2 Å². The summed E-state index contributed by atoms with van der Waals surface area (Å²) in [6, 6.07) is 53.5. The Morgan fingerprint density at radius 2 is 0.846 bits per heavy atom. The Hall–Kier alpha value is -4.42. The molecule has 0 N–H and O–H groups in total. The average molecular weight is 560 g/mol. The molecule has 0 radical (unpaired) electrons. The van der Waals surface area contributed by atoms with Crippen LogP contribution in [-0.2, 0) is 0 Å². The van der Waals surface area contributed by atoms with Crippen LogP contribution in [0.5, 0.6) is 0 Å². The zero-order chi connectivity index (χ0) is 25.8. The SMILES string of the molecule is c1ccc(-c2[se]c3c(-c4ccc5c6ccccc6c6ccccc6c5c4)cccc3c2-c2ccccc2)cc1. The van der Waals surface area contributed by atoms with Gasteiger partial charge in [0.05, 0.1) is 0 Å². The third kappa shape index (κ3) is 3.59. The van der Waals surface area contributed by atoms with Gasteiger partial charge in [-0.25, -0.2) is 0 Å². The van der Waals surface area contributed by atoms with E-state index in [0.29, 0.717) is 0 Å². The molecule has 0 nitrogen and oxygen atoms in total. The second kappa shape index (κ2) is 9.10. The number of fused-ring (bicyclic) bond motifs is 7. The molecule has 8 rings (SSSR count). The summed E-state index contributed by atoms with van der Waals surface area (Å²) in [5.74, 6) is 0. The van der Waals surface area contributed by atoms with Crippen LogP contribution in [0.2, 0.25) is 0 Å². The first-order chi connectivity index (χ1) is 19.4. The number of benzene rings is 7. The molecular weight excluding hydrogens is 535 g/mol. The van der Waals surface area contributed by atoms with Gasteiger partial charge in [0.25, 0.3) is 0 Å². The molecule has 7 aromatic carbocycles. The summed E-state index contributed by atoms with van der Waals surface area (Å²) in [6.45, 7) is 0. The van der Waals surface area contributed by atoms with Crippen molar-refractivity contribution < 1.29 is 0 Å². The molecule has 0 saturated heterocycles. The van der Waals surface area contributed by atoms with Crippen molar-refractivity contribution in [3.63, 3.8) is 0 Å². The predicted molar refractivity (Wildman–Crippen MR) is 170 cm³/mol. The molecule has 0 atom stereocenters. The Balaban J connectivity index is 1.43. The molecule has 1 heterocycles. The maximum absolute atomic E-state index is 2.43. The van der Waals surface area contributed by atoms with Crippen molar-refractivity contribution in [2.24, 2.45) is 0 Å². The Morgan fingerprint density at radius 1 is 0.333 bits per heavy atom. The van der Waals surface area contributed by atoms with Crippen LogP contribution in [0.1, 0.15) is 0 Å². The summed E-state index contributed by atoms with van der Waals surface area (Å²) in [6.07, 6.45) is 0. The topological polar surface area (TPSA) is 0 Å². The van der Waals surface area contributed by atoms with Gasteiger partial charge in [0.15, 0.2) is 0 Å². The molecule has 0 saturated carbocycles. The van der Waals surface area contributed by atoms with Crippen LogP contribution in [-0.4, -0.2) is 14.5 Å². The molecule has 1 heteroatoms. The first-order valence-electron chi connectivity index (χ1n) is 13.4. The van der Waals surface area contributed by atoms with Crippen molar-refractivity contribution in [1.82, 2.24) is 0 Å². The van der Waals surface area contributed by atoms with Crippen LogP contribution >= 0.6 is 0 Å². The quantitative estimate of drug-likeness (QED) is 0.149. The van der Waals surface area contributed by atoms with Crippen molar-refractivity contribution in [1.29, 1.82) is 0 Å². The Morgan fingerprint density at radius 3 is 1.49 bits per heavy atom. The van der Waals surface area contributed by atoms with E-state index in [-0.39, 0.29) is 14.5 Å². The molecule has 0 unspecified atom stereocenters. The summed E-state index contributed by atoms with van der Waals surface area (Å²) >= 11 is 0.193. The zero-order valence-electron chi connectivity index (χ0n) is 21.3. The van der Waals surface area contributed by atoms with Crippen molar-refractivity contribution in [3.8, 4) is 32.3 Å². The maximum atomic E-state index is 2.43. The van der Waals surface area contributed by atoms with E-state index in [0.717, 1.165) is 0 Å². The predicted octanol–water partition coefficient (Wildman–Crippen LogP) is 10.4. The molecule has 1 aromatic heterocycles. The monoisotopic (exact) mass is 560 g/mol. The van der Waals surface area contributed by atoms with E-state index in [2.05, 4.69) is 146 Å². The molecule has 39 heavy (non-hydrogen) atoms. The average Bonchev–Trinajstić information content (AvgIpc) is 3.42. The minimum absolute atomic E-state index is 0.193. The van der Waals surface area contributed by atoms with Crippen LogP contribution in [0.25, 0.3) is 74.2 Å². The number of rotatable bonds is 3. The molecule has 0 spiro atoms. The van der Waals surface area contributed by atoms with Gasteiger partial charge in [-0.2, -0.15) is 0 Å². The van der Waals surface area contributed by atoms with E-state index < -0.39 is 0 Å². The van der Waals surface area contributed by atoms with Gasteiger partial charge < -0.3 is 0 Å². The van der Waals surface area contributed by atoms with E-state index in [9.17, 15) is 0 Å². The molecule has 0 aliphatic heterocycles. The summed E-state index contributed by atoms with van der Waals surface area (Å²) in [5, 5.41) is 9.30. The fraction of sp³-hybridized carbons (Fsp3) is 0. The fourth-order valence-corrected chi connectivity index (χ4v) is 8.97. The Labute approximate surface area is 233 Å². The summed E-state index contributed by atoms with van der Waals surface area (Å²) in [4.78, 5) is 0. The standard InChI is InChI=1S/C38H24Se/c1-3-12-25(13-4-1)36-34-21-11-20-28(38(34)39-37(36)26-14-5-2-6-15-26)27-22-23-33-31-18-8-7-16-29(31)30-17-9-10-19-32(30)35(33)24-27/h1-24H. The normalized spacial score (nSPS) is 11.6. The van der Waals surface area contributed by atoms with Gasteiger partial charge in [-0.05, 0) is 0 Å². The van der Waals surface area contributed by atoms with Crippen LogP contribution < -0.4 is 0 Å². The second-order valence-corrected chi connectivity index (χ2v) is 12.2. The van der Waals surface area contributed by atoms with E-state index in [1.54, 1.807) is 0 Å². The molecular formula is C38H24Se. The summed E-state index contributed by atoms with van der Waals surface area (Å²) in [5.41, 5.74) is 6.66. The molecule has 0 fully saturated rings. The second-order valence-electron chi connectivity index (χ2n) is 10.1. The van der Waals surface area contributed by atoms with Crippen molar-refractivity contribution in [2.75, 3.05) is 0 Å². The molecule has 0 aliphatic rings. The Kier molecular flexibility index (Phi) is 5.26. The van der Waals surface area contributed by atoms with Gasteiger partial charge in [0, 0.05) is 0 Å². The fourth-order valence-electron chi connectivity index (χ4n) is 6.11. The van der Waals surface area contributed by atoms with Crippen LogP contribution in [0.15, 0.2) is 146 Å². The molecule has 8 aromatic rings. The van der Waals surface area contributed by atoms with Gasteiger partial charge in [-0.3, -0.25) is 0 Å². The molecule has 0 aliphatic carbocycles. The molecule has 182 valence electrons. The third-order valence-electron chi connectivity index (χ3n) is 7.87. The molecule has 0 amide bonds. The van der Waals surface area contributed by atoms with Crippen LogP contribution in [0, 0.1) is 0 Å². The van der Waals surface area contributed by atoms with E-state index >= 15 is 0 Å². The van der Waals surface area contributed by atoms with Crippen LogP contribution in [0.3, 0.4) is 0 Å². The van der Waals surface area contributed by atoms with Gasteiger partial charge >= 0.3 is 234 Å². The number of hydrogen-bond acceptors (Lipinski definition) is 0. The number of hydrogen-bond donors (Lipinski definition) is 0. The zero-order valence-corrected chi connectivity index (χ0v) is 23.0. The first-order valence-corrected chi connectivity index (χ1v) is 15.1. The van der Waals surface area contributed by atoms with Crippen molar-refractivity contribution >= 4 is 56.5 Å². The minimum atomic E-state index is 0.193. The first kappa shape index (κ1) is 22.6. The third-order valence-corrected chi connectivity index (χ3v) is 10.6. The van der Waals surface area contributed by atoms with E-state index in [4.69, 9.17) is 0 Å². The van der Waals surface area contributed by atoms with Gasteiger partial charge in [-0.1, -0.05) is 0 Å². The summed E-state index contributed by atoms with van der Waals surface area (Å²) < 4.78 is 2.95. The summed E-state index contributed by atoms with van der Waals surface area (Å²) in [7, 11) is 0. The van der Waals surface area contributed by atoms with Gasteiger partial charge in [-0.15, -0.1) is 0 Å². The Bertz CT molecular complexity index is 2120. The van der Waals surface area contributed by atoms with Crippen LogP contribution in [0.4, 0.5) is 0 Å². The molecule has 0 bridgehead atoms. The van der Waals surface area contributed by atoms with Gasteiger partial charge in [0.1, 0.15) is 0 Å². The van der Waals surface area contributed by atoms with E-state index in [1.807, 2.05) is 0 Å². The van der Waals surface area contributed by atoms with Crippen molar-refractivity contribution in [3.05, 3.63) is 146 Å².